The van der Waals surface area contributed by atoms with Gasteiger partial charge in [0.25, 0.3) is 0 Å². The minimum Gasteiger partial charge on any atom is -0.497 e. The van der Waals surface area contributed by atoms with Gasteiger partial charge < -0.3 is 10.5 Å². The molecule has 0 aromatic heterocycles. The maximum Gasteiger partial charge on any atom is 0.232 e. The first-order valence-electron chi connectivity index (χ1n) is 5.02. The molecule has 0 fully saturated rings. The van der Waals surface area contributed by atoms with Gasteiger partial charge in [0.1, 0.15) is 11.6 Å². The second-order valence-corrected chi connectivity index (χ2v) is 5.25. The summed E-state index contributed by atoms with van der Waals surface area (Å²) in [5.74, 6) is -0.412. The van der Waals surface area contributed by atoms with Crippen LogP contribution in [-0.2, 0) is 10.0 Å². The van der Waals surface area contributed by atoms with Crippen LogP contribution >= 0.6 is 0 Å². The second-order valence-electron chi connectivity index (χ2n) is 3.41. The molecule has 96 valence electrons. The maximum absolute atomic E-state index is 13.4. The monoisotopic (exact) mass is 262 g/mol. The highest BCUT2D eigenvalue weighted by atomic mass is 32.2. The van der Waals surface area contributed by atoms with E-state index in [1.807, 2.05) is 0 Å². The van der Waals surface area contributed by atoms with Gasteiger partial charge in [0.2, 0.25) is 10.0 Å². The van der Waals surface area contributed by atoms with E-state index in [-0.39, 0.29) is 18.0 Å². The van der Waals surface area contributed by atoms with Gasteiger partial charge >= 0.3 is 0 Å². The number of halogens is 1. The Hall–Kier alpha value is -1.34. The van der Waals surface area contributed by atoms with Crippen molar-refractivity contribution in [1.29, 1.82) is 0 Å². The Morgan fingerprint density at radius 2 is 2.18 bits per heavy atom. The second kappa shape index (κ2) is 5.83. The van der Waals surface area contributed by atoms with E-state index in [9.17, 15) is 12.8 Å². The van der Waals surface area contributed by atoms with Gasteiger partial charge in [-0.25, -0.2) is 12.8 Å². The molecule has 0 atom stereocenters. The van der Waals surface area contributed by atoms with Gasteiger partial charge in [-0.3, -0.25) is 4.72 Å². The van der Waals surface area contributed by atoms with Gasteiger partial charge in [0, 0.05) is 6.07 Å². The molecule has 0 bridgehead atoms. The van der Waals surface area contributed by atoms with E-state index >= 15 is 0 Å². The van der Waals surface area contributed by atoms with Crippen LogP contribution in [0.4, 0.5) is 10.1 Å². The van der Waals surface area contributed by atoms with E-state index in [0.29, 0.717) is 12.2 Å². The van der Waals surface area contributed by atoms with Crippen molar-refractivity contribution in [3.05, 3.63) is 24.0 Å². The number of hydrogen-bond donors (Lipinski definition) is 2. The molecule has 1 aromatic rings. The average Bonchev–Trinajstić information content (AvgIpc) is 2.29. The van der Waals surface area contributed by atoms with Crippen molar-refractivity contribution in [1.82, 2.24) is 0 Å². The Labute approximate surface area is 99.8 Å². The van der Waals surface area contributed by atoms with E-state index in [4.69, 9.17) is 10.5 Å². The molecule has 1 aromatic carbocycles. The SMILES string of the molecule is COc1ccc(F)c(NS(=O)(=O)CCCN)c1. The van der Waals surface area contributed by atoms with Crippen LogP contribution in [0, 0.1) is 5.82 Å². The molecule has 0 amide bonds. The Morgan fingerprint density at radius 1 is 1.47 bits per heavy atom. The summed E-state index contributed by atoms with van der Waals surface area (Å²) in [5.41, 5.74) is 5.09. The van der Waals surface area contributed by atoms with Gasteiger partial charge in [-0.05, 0) is 25.1 Å². The average molecular weight is 262 g/mol. The van der Waals surface area contributed by atoms with Gasteiger partial charge in [0.05, 0.1) is 18.6 Å². The number of nitrogens with two attached hydrogens (primary N) is 1. The van der Waals surface area contributed by atoms with E-state index < -0.39 is 15.8 Å². The van der Waals surface area contributed by atoms with Crippen molar-refractivity contribution >= 4 is 15.7 Å². The zero-order chi connectivity index (χ0) is 12.9. The van der Waals surface area contributed by atoms with Gasteiger partial charge in [-0.15, -0.1) is 0 Å². The highest BCUT2D eigenvalue weighted by Gasteiger charge is 2.13. The Balaban J connectivity index is 2.87. The first kappa shape index (κ1) is 13.7. The number of benzene rings is 1. The number of nitrogens with one attached hydrogen (secondary N) is 1. The van der Waals surface area contributed by atoms with Crippen molar-refractivity contribution in [3.63, 3.8) is 0 Å². The van der Waals surface area contributed by atoms with Gasteiger partial charge in [-0.1, -0.05) is 0 Å². The van der Waals surface area contributed by atoms with Crippen LogP contribution in [0.5, 0.6) is 5.75 Å². The summed E-state index contributed by atoms with van der Waals surface area (Å²) in [7, 11) is -2.15. The smallest absolute Gasteiger partial charge is 0.232 e. The molecular formula is C10H15FN2O3S. The number of anilines is 1. The van der Waals surface area contributed by atoms with Crippen molar-refractivity contribution in [3.8, 4) is 5.75 Å². The molecule has 0 aliphatic heterocycles. The van der Waals surface area contributed by atoms with Crippen LogP contribution < -0.4 is 15.2 Å². The first-order chi connectivity index (χ1) is 7.98. The highest BCUT2D eigenvalue weighted by Crippen LogP contribution is 2.22. The van der Waals surface area contributed by atoms with Gasteiger partial charge in [0.15, 0.2) is 0 Å². The van der Waals surface area contributed by atoms with Crippen LogP contribution in [0.2, 0.25) is 0 Å². The molecule has 0 heterocycles. The molecule has 0 saturated heterocycles. The molecule has 0 radical (unpaired) electrons. The zero-order valence-corrected chi connectivity index (χ0v) is 10.3. The molecule has 1 rings (SSSR count). The normalized spacial score (nSPS) is 11.2. The standard InChI is InChI=1S/C10H15FN2O3S/c1-16-8-3-4-9(11)10(7-8)13-17(14,15)6-2-5-12/h3-4,7,13H,2,5-6,12H2,1H3. The lowest BCUT2D eigenvalue weighted by atomic mass is 10.3. The number of methoxy groups -OCH3 is 1. The quantitative estimate of drug-likeness (QED) is 0.799. The predicted molar refractivity (Wildman–Crippen MR) is 64.0 cm³/mol. The number of rotatable bonds is 6. The minimum absolute atomic E-state index is 0.124. The topological polar surface area (TPSA) is 81.4 Å². The summed E-state index contributed by atoms with van der Waals surface area (Å²) in [5, 5.41) is 0. The lowest BCUT2D eigenvalue weighted by Crippen LogP contribution is -2.19. The molecule has 3 N–H and O–H groups in total. The summed E-state index contributed by atoms with van der Waals surface area (Å²) in [4.78, 5) is 0. The predicted octanol–water partition coefficient (Wildman–Crippen LogP) is 0.925. The van der Waals surface area contributed by atoms with Gasteiger partial charge in [-0.2, -0.15) is 0 Å². The Morgan fingerprint density at radius 3 is 2.76 bits per heavy atom. The zero-order valence-electron chi connectivity index (χ0n) is 9.44. The third-order valence-corrected chi connectivity index (χ3v) is 3.41. The van der Waals surface area contributed by atoms with E-state index in [0.717, 1.165) is 6.07 Å². The van der Waals surface area contributed by atoms with Crippen LogP contribution in [0.1, 0.15) is 6.42 Å². The number of ether oxygens (including phenoxy) is 1. The highest BCUT2D eigenvalue weighted by molar-refractivity contribution is 7.92. The lowest BCUT2D eigenvalue weighted by molar-refractivity contribution is 0.414. The van der Waals surface area contributed by atoms with Crippen LogP contribution in [0.25, 0.3) is 0 Å². The third kappa shape index (κ3) is 4.20. The fourth-order valence-electron chi connectivity index (χ4n) is 1.20. The van der Waals surface area contributed by atoms with Crippen molar-refractivity contribution in [2.24, 2.45) is 5.73 Å². The molecule has 0 aliphatic carbocycles. The molecule has 7 heteroatoms. The fourth-order valence-corrected chi connectivity index (χ4v) is 2.34. The molecule has 0 saturated carbocycles. The van der Waals surface area contributed by atoms with E-state index in [1.165, 1.54) is 19.2 Å². The number of sulfonamides is 1. The Kier molecular flexibility index (Phi) is 4.71. The molecule has 17 heavy (non-hydrogen) atoms. The van der Waals surface area contributed by atoms with E-state index in [2.05, 4.69) is 4.72 Å². The van der Waals surface area contributed by atoms with Crippen molar-refractivity contribution < 1.29 is 17.5 Å². The molecule has 0 unspecified atom stereocenters. The van der Waals surface area contributed by atoms with Crippen LogP contribution in [0.3, 0.4) is 0 Å². The minimum atomic E-state index is -3.57. The summed E-state index contributed by atoms with van der Waals surface area (Å²) < 4.78 is 43.5. The number of hydrogen-bond acceptors (Lipinski definition) is 4. The van der Waals surface area contributed by atoms with Crippen LogP contribution in [0.15, 0.2) is 18.2 Å². The lowest BCUT2D eigenvalue weighted by Gasteiger charge is -2.09. The summed E-state index contributed by atoms with van der Waals surface area (Å²) in [6, 6.07) is 3.84. The fraction of sp³-hybridized carbons (Fsp3) is 0.400. The summed E-state index contributed by atoms with van der Waals surface area (Å²) in [6.07, 6.45) is 0.320. The van der Waals surface area contributed by atoms with Crippen molar-refractivity contribution in [2.45, 2.75) is 6.42 Å². The van der Waals surface area contributed by atoms with E-state index in [1.54, 1.807) is 0 Å². The maximum atomic E-state index is 13.4. The Bertz CT molecular complexity index is 476. The summed E-state index contributed by atoms with van der Waals surface area (Å²) in [6.45, 7) is 0.265. The van der Waals surface area contributed by atoms with Crippen LogP contribution in [-0.4, -0.2) is 27.8 Å². The first-order valence-corrected chi connectivity index (χ1v) is 6.68. The molecule has 0 aliphatic rings. The summed E-state index contributed by atoms with van der Waals surface area (Å²) >= 11 is 0. The molecule has 5 nitrogen and oxygen atoms in total. The third-order valence-electron chi connectivity index (χ3n) is 2.06. The van der Waals surface area contributed by atoms with Crippen molar-refractivity contribution in [2.75, 3.05) is 24.1 Å². The molecule has 0 spiro atoms. The molecular weight excluding hydrogens is 247 g/mol. The largest absolute Gasteiger partial charge is 0.497 e.